The minimum Gasteiger partial charge on any atom is -0.353 e. The van der Waals surface area contributed by atoms with Crippen molar-refractivity contribution in [2.45, 2.75) is 49.8 Å². The molecule has 4 rings (SSSR count). The Morgan fingerprint density at radius 2 is 2.12 bits per heavy atom. The molecule has 0 radical (unpaired) electrons. The van der Waals surface area contributed by atoms with Crippen LogP contribution >= 0.6 is 24.2 Å². The third-order valence-electron chi connectivity index (χ3n) is 6.15. The molecule has 132 valence electrons. The first-order valence-electron chi connectivity index (χ1n) is 9.06. The summed E-state index contributed by atoms with van der Waals surface area (Å²) in [6.07, 6.45) is 14.6. The van der Waals surface area contributed by atoms with Gasteiger partial charge in [0.2, 0.25) is 5.91 Å². The lowest BCUT2D eigenvalue weighted by atomic mass is 9.73. The SMILES string of the molecule is CC1CCCCC1NC(=O)C1CSC23C=CC=CC2=NCCC13.Cl. The fourth-order valence-electron chi connectivity index (χ4n) is 4.74. The number of hydrogen-bond donors (Lipinski definition) is 1. The number of halogens is 1. The molecule has 0 aromatic rings. The maximum absolute atomic E-state index is 13.0. The number of nitrogens with one attached hydrogen (secondary N) is 1. The summed E-state index contributed by atoms with van der Waals surface area (Å²) in [5.41, 5.74) is 1.18. The summed E-state index contributed by atoms with van der Waals surface area (Å²) in [5, 5.41) is 3.40. The minimum atomic E-state index is -0.0345. The molecule has 2 aliphatic heterocycles. The number of rotatable bonds is 2. The van der Waals surface area contributed by atoms with Crippen molar-refractivity contribution in [3.63, 3.8) is 0 Å². The van der Waals surface area contributed by atoms with Gasteiger partial charge in [0.1, 0.15) is 0 Å². The van der Waals surface area contributed by atoms with Crippen molar-refractivity contribution >= 4 is 35.8 Å². The fourth-order valence-corrected chi connectivity index (χ4v) is 6.53. The molecule has 2 fully saturated rings. The van der Waals surface area contributed by atoms with Crippen molar-refractivity contribution < 1.29 is 4.79 Å². The summed E-state index contributed by atoms with van der Waals surface area (Å²) in [7, 11) is 0. The molecule has 5 heteroatoms. The lowest BCUT2D eigenvalue weighted by molar-refractivity contribution is -0.127. The monoisotopic (exact) mass is 366 g/mol. The Morgan fingerprint density at radius 3 is 2.96 bits per heavy atom. The van der Waals surface area contributed by atoms with E-state index in [-0.39, 0.29) is 23.1 Å². The van der Waals surface area contributed by atoms with E-state index in [0.717, 1.165) is 25.1 Å². The quantitative estimate of drug-likeness (QED) is 0.807. The zero-order valence-electron chi connectivity index (χ0n) is 14.2. The average molecular weight is 367 g/mol. The predicted molar refractivity (Wildman–Crippen MR) is 104 cm³/mol. The van der Waals surface area contributed by atoms with Crippen molar-refractivity contribution in [2.24, 2.45) is 22.7 Å². The van der Waals surface area contributed by atoms with E-state index < -0.39 is 0 Å². The predicted octanol–water partition coefficient (Wildman–Crippen LogP) is 3.79. The number of nitrogens with zero attached hydrogens (tertiary/aromatic N) is 1. The van der Waals surface area contributed by atoms with E-state index in [0.29, 0.717) is 23.8 Å². The van der Waals surface area contributed by atoms with Gasteiger partial charge in [-0.25, -0.2) is 0 Å². The van der Waals surface area contributed by atoms with Gasteiger partial charge < -0.3 is 5.32 Å². The van der Waals surface area contributed by atoms with Gasteiger partial charge >= 0.3 is 0 Å². The summed E-state index contributed by atoms with van der Waals surface area (Å²) in [6, 6.07) is 0.385. The van der Waals surface area contributed by atoms with Crippen LogP contribution in [-0.2, 0) is 4.79 Å². The molecule has 1 saturated carbocycles. The molecule has 5 unspecified atom stereocenters. The van der Waals surface area contributed by atoms with Gasteiger partial charge in [-0.1, -0.05) is 38.0 Å². The van der Waals surface area contributed by atoms with Crippen LogP contribution in [0, 0.1) is 17.8 Å². The smallest absolute Gasteiger partial charge is 0.224 e. The van der Waals surface area contributed by atoms with Crippen LogP contribution in [0.3, 0.4) is 0 Å². The Hall–Kier alpha value is -0.740. The van der Waals surface area contributed by atoms with Crippen LogP contribution in [-0.4, -0.2) is 34.7 Å². The van der Waals surface area contributed by atoms with Crippen molar-refractivity contribution in [1.29, 1.82) is 0 Å². The summed E-state index contributed by atoms with van der Waals surface area (Å²) < 4.78 is -0.0345. The Morgan fingerprint density at radius 1 is 1.29 bits per heavy atom. The van der Waals surface area contributed by atoms with Crippen LogP contribution in [0.5, 0.6) is 0 Å². The van der Waals surface area contributed by atoms with Crippen molar-refractivity contribution in [2.75, 3.05) is 12.3 Å². The first-order chi connectivity index (χ1) is 11.2. The molecule has 0 aromatic carbocycles. The molecule has 1 amide bonds. The van der Waals surface area contributed by atoms with Crippen LogP contribution in [0.25, 0.3) is 0 Å². The van der Waals surface area contributed by atoms with Crippen molar-refractivity contribution in [3.05, 3.63) is 24.3 Å². The highest BCUT2D eigenvalue weighted by atomic mass is 35.5. The molecule has 4 aliphatic rings. The molecular formula is C19H27ClN2OS. The van der Waals surface area contributed by atoms with E-state index in [2.05, 4.69) is 36.5 Å². The molecular weight excluding hydrogens is 340 g/mol. The molecule has 0 aromatic heterocycles. The fraction of sp³-hybridized carbons (Fsp3) is 0.684. The normalized spacial score (nSPS) is 40.1. The molecule has 24 heavy (non-hydrogen) atoms. The molecule has 0 bridgehead atoms. The highest BCUT2D eigenvalue weighted by Gasteiger charge is 2.54. The molecule has 1 N–H and O–H groups in total. The third-order valence-corrected chi connectivity index (χ3v) is 7.80. The number of carbonyl (C=O) groups excluding carboxylic acids is 1. The first kappa shape index (κ1) is 18.1. The number of hydrogen-bond acceptors (Lipinski definition) is 3. The Bertz CT molecular complexity index is 588. The van der Waals surface area contributed by atoms with Gasteiger partial charge in [-0.2, -0.15) is 0 Å². The number of carbonyl (C=O) groups is 1. The van der Waals surface area contributed by atoms with E-state index in [1.807, 2.05) is 11.8 Å². The van der Waals surface area contributed by atoms with Crippen LogP contribution in [0.15, 0.2) is 29.3 Å². The van der Waals surface area contributed by atoms with Crippen molar-refractivity contribution in [3.8, 4) is 0 Å². The van der Waals surface area contributed by atoms with Gasteiger partial charge in [0.25, 0.3) is 0 Å². The second kappa shape index (κ2) is 7.25. The summed E-state index contributed by atoms with van der Waals surface area (Å²) in [6.45, 7) is 3.15. The number of aliphatic imine (C=N–C) groups is 1. The van der Waals surface area contributed by atoms with Gasteiger partial charge in [0.05, 0.1) is 16.4 Å². The zero-order chi connectivity index (χ0) is 15.9. The second-order valence-corrected chi connectivity index (χ2v) is 8.77. The summed E-state index contributed by atoms with van der Waals surface area (Å²) >= 11 is 1.93. The molecule has 1 saturated heterocycles. The third kappa shape index (κ3) is 2.96. The van der Waals surface area contributed by atoms with Crippen molar-refractivity contribution in [1.82, 2.24) is 5.32 Å². The highest BCUT2D eigenvalue weighted by Crippen LogP contribution is 2.52. The number of thioether (sulfide) groups is 1. The van der Waals surface area contributed by atoms with Crippen LogP contribution < -0.4 is 5.32 Å². The van der Waals surface area contributed by atoms with Crippen LogP contribution in [0.2, 0.25) is 0 Å². The van der Waals surface area contributed by atoms with E-state index in [9.17, 15) is 4.79 Å². The second-order valence-electron chi connectivity index (χ2n) is 7.47. The van der Waals surface area contributed by atoms with Gasteiger partial charge in [-0.3, -0.25) is 9.79 Å². The molecule has 5 atom stereocenters. The molecule has 1 spiro atoms. The Kier molecular flexibility index (Phi) is 5.45. The lowest BCUT2D eigenvalue weighted by Gasteiger charge is -2.38. The minimum absolute atomic E-state index is 0. The Labute approximate surface area is 155 Å². The topological polar surface area (TPSA) is 41.5 Å². The summed E-state index contributed by atoms with van der Waals surface area (Å²) in [5.74, 6) is 2.38. The van der Waals surface area contributed by atoms with Crippen LogP contribution in [0.4, 0.5) is 0 Å². The first-order valence-corrected chi connectivity index (χ1v) is 10.0. The maximum Gasteiger partial charge on any atom is 0.224 e. The Balaban J connectivity index is 0.00000169. The molecule has 2 heterocycles. The highest BCUT2D eigenvalue weighted by molar-refractivity contribution is 8.02. The van der Waals surface area contributed by atoms with E-state index in [1.54, 1.807) is 0 Å². The lowest BCUT2D eigenvalue weighted by Crippen LogP contribution is -2.49. The maximum atomic E-state index is 13.0. The van der Waals surface area contributed by atoms with Crippen LogP contribution in [0.1, 0.15) is 39.0 Å². The molecule has 3 nitrogen and oxygen atoms in total. The standard InChI is InChI=1S/C19H26N2OS.ClH/c1-13-6-2-3-7-16(13)21-18(22)14-12-23-19-10-5-4-8-17(19)20-11-9-15(14)19;/h4-5,8,10,13-16H,2-3,6-7,9,11-12H2,1H3,(H,21,22);1H. The van der Waals surface area contributed by atoms with E-state index >= 15 is 0 Å². The van der Waals surface area contributed by atoms with Gasteiger partial charge in [0, 0.05) is 18.3 Å². The zero-order valence-corrected chi connectivity index (χ0v) is 15.9. The van der Waals surface area contributed by atoms with Gasteiger partial charge in [-0.15, -0.1) is 24.2 Å². The number of allylic oxidation sites excluding steroid dienone is 3. The van der Waals surface area contributed by atoms with E-state index in [4.69, 9.17) is 4.99 Å². The van der Waals surface area contributed by atoms with Gasteiger partial charge in [0.15, 0.2) is 0 Å². The van der Waals surface area contributed by atoms with E-state index in [1.165, 1.54) is 25.0 Å². The average Bonchev–Trinajstić information content (AvgIpc) is 2.95. The van der Waals surface area contributed by atoms with Gasteiger partial charge in [-0.05, 0) is 37.2 Å². The number of amides is 1. The summed E-state index contributed by atoms with van der Waals surface area (Å²) in [4.78, 5) is 17.7. The molecule has 2 aliphatic carbocycles. The largest absolute Gasteiger partial charge is 0.353 e.